The number of hydrogen-bond acceptors (Lipinski definition) is 6. The van der Waals surface area contributed by atoms with Gasteiger partial charge in [-0.05, 0) is 24.3 Å². The van der Waals surface area contributed by atoms with Gasteiger partial charge in [0, 0.05) is 5.56 Å². The molecule has 0 radical (unpaired) electrons. The Kier molecular flexibility index (Phi) is 4.85. The molecule has 3 rings (SSSR count). The van der Waals surface area contributed by atoms with E-state index < -0.39 is 0 Å². The molecule has 0 bridgehead atoms. The zero-order valence-corrected chi connectivity index (χ0v) is 12.4. The number of nitrogens with zero attached hydrogens (tertiary/aromatic N) is 2. The molecule has 6 nitrogen and oxygen atoms in total. The number of hydrogen-bond donors (Lipinski definition) is 1. The van der Waals surface area contributed by atoms with Gasteiger partial charge in [0.25, 0.3) is 5.89 Å². The molecule has 0 saturated heterocycles. The number of rotatable bonds is 7. The van der Waals surface area contributed by atoms with Crippen LogP contribution in [0.25, 0.3) is 11.5 Å². The number of aliphatic hydroxyl groups excluding tert-OH is 1. The minimum absolute atomic E-state index is 0.0571. The van der Waals surface area contributed by atoms with Crippen LogP contribution in [0.15, 0.2) is 59.0 Å². The van der Waals surface area contributed by atoms with Crippen molar-refractivity contribution >= 4 is 0 Å². The maximum atomic E-state index is 8.84. The van der Waals surface area contributed by atoms with Crippen molar-refractivity contribution in [1.29, 1.82) is 0 Å². The van der Waals surface area contributed by atoms with E-state index in [1.807, 2.05) is 42.5 Å². The fourth-order valence-electron chi connectivity index (χ4n) is 1.99. The summed E-state index contributed by atoms with van der Waals surface area (Å²) in [6.07, 6.45) is 0. The third-order valence-corrected chi connectivity index (χ3v) is 3.04. The van der Waals surface area contributed by atoms with Crippen LogP contribution in [0.5, 0.6) is 11.5 Å². The van der Waals surface area contributed by atoms with Gasteiger partial charge in [-0.1, -0.05) is 30.3 Å². The van der Waals surface area contributed by atoms with Gasteiger partial charge in [0.15, 0.2) is 18.1 Å². The molecule has 3 aromatic rings. The molecular weight excluding hydrogens is 296 g/mol. The van der Waals surface area contributed by atoms with Crippen molar-refractivity contribution in [2.45, 2.75) is 6.61 Å². The fraction of sp³-hybridized carbons (Fsp3) is 0.176. The Morgan fingerprint density at radius 2 is 1.57 bits per heavy atom. The van der Waals surface area contributed by atoms with Crippen molar-refractivity contribution in [3.05, 3.63) is 60.5 Å². The van der Waals surface area contributed by atoms with Crippen LogP contribution in [0.3, 0.4) is 0 Å². The highest BCUT2D eigenvalue weighted by atomic mass is 16.5. The lowest BCUT2D eigenvalue weighted by atomic mass is 10.2. The molecule has 0 unspecified atom stereocenters. The summed E-state index contributed by atoms with van der Waals surface area (Å²) in [6.45, 7) is 0.289. The zero-order valence-electron chi connectivity index (χ0n) is 12.4. The first-order valence-corrected chi connectivity index (χ1v) is 7.20. The van der Waals surface area contributed by atoms with Gasteiger partial charge < -0.3 is 19.0 Å². The van der Waals surface area contributed by atoms with E-state index in [0.29, 0.717) is 23.3 Å². The van der Waals surface area contributed by atoms with Gasteiger partial charge in [-0.3, -0.25) is 0 Å². The maximum absolute atomic E-state index is 8.84. The molecule has 118 valence electrons. The molecule has 0 amide bonds. The Bertz CT molecular complexity index is 743. The van der Waals surface area contributed by atoms with Gasteiger partial charge in [-0.25, -0.2) is 0 Å². The second-order valence-electron chi connectivity index (χ2n) is 4.67. The van der Waals surface area contributed by atoms with E-state index in [1.54, 1.807) is 12.1 Å². The number of para-hydroxylation sites is 2. The molecule has 1 N–H and O–H groups in total. The van der Waals surface area contributed by atoms with E-state index in [9.17, 15) is 0 Å². The molecule has 0 aliphatic rings. The lowest BCUT2D eigenvalue weighted by molar-refractivity contribution is 0.189. The molecule has 1 heterocycles. The summed E-state index contributed by atoms with van der Waals surface area (Å²) < 4.78 is 16.7. The van der Waals surface area contributed by atoms with Gasteiger partial charge in [-0.2, -0.15) is 0 Å². The van der Waals surface area contributed by atoms with Crippen molar-refractivity contribution in [3.63, 3.8) is 0 Å². The van der Waals surface area contributed by atoms with Crippen LogP contribution in [0.4, 0.5) is 0 Å². The van der Waals surface area contributed by atoms with Crippen LogP contribution in [-0.4, -0.2) is 28.5 Å². The number of aromatic nitrogens is 2. The second kappa shape index (κ2) is 7.42. The number of aliphatic hydroxyl groups is 1. The predicted molar refractivity (Wildman–Crippen MR) is 83.1 cm³/mol. The van der Waals surface area contributed by atoms with Crippen LogP contribution < -0.4 is 9.47 Å². The fourth-order valence-corrected chi connectivity index (χ4v) is 1.99. The highest BCUT2D eigenvalue weighted by molar-refractivity contribution is 5.51. The van der Waals surface area contributed by atoms with E-state index in [1.165, 1.54) is 0 Å². The van der Waals surface area contributed by atoms with Gasteiger partial charge in [-0.15, -0.1) is 10.2 Å². The quantitative estimate of drug-likeness (QED) is 0.722. The van der Waals surface area contributed by atoms with Crippen LogP contribution in [0.1, 0.15) is 5.89 Å². The SMILES string of the molecule is OCCOc1ccccc1OCc1nnc(-c2ccccc2)o1. The lowest BCUT2D eigenvalue weighted by Crippen LogP contribution is -2.04. The van der Waals surface area contributed by atoms with Crippen molar-refractivity contribution in [3.8, 4) is 23.0 Å². The summed E-state index contributed by atoms with van der Waals surface area (Å²) in [6, 6.07) is 16.8. The van der Waals surface area contributed by atoms with Crippen molar-refractivity contribution in [2.75, 3.05) is 13.2 Å². The summed E-state index contributed by atoms with van der Waals surface area (Å²) in [5.41, 5.74) is 0.859. The summed E-state index contributed by atoms with van der Waals surface area (Å²) in [5, 5.41) is 16.8. The molecule has 23 heavy (non-hydrogen) atoms. The smallest absolute Gasteiger partial charge is 0.254 e. The highest BCUT2D eigenvalue weighted by Gasteiger charge is 2.10. The Balaban J connectivity index is 1.66. The van der Waals surface area contributed by atoms with E-state index in [2.05, 4.69) is 10.2 Å². The first-order chi connectivity index (χ1) is 11.4. The monoisotopic (exact) mass is 312 g/mol. The first kappa shape index (κ1) is 15.1. The molecule has 0 aliphatic heterocycles. The molecule has 6 heteroatoms. The van der Waals surface area contributed by atoms with Crippen LogP contribution in [0.2, 0.25) is 0 Å². The third kappa shape index (κ3) is 3.87. The van der Waals surface area contributed by atoms with E-state index >= 15 is 0 Å². The normalized spacial score (nSPS) is 10.5. The van der Waals surface area contributed by atoms with E-state index in [4.69, 9.17) is 19.0 Å². The van der Waals surface area contributed by atoms with E-state index in [0.717, 1.165) is 5.56 Å². The lowest BCUT2D eigenvalue weighted by Gasteiger charge is -2.10. The summed E-state index contributed by atoms with van der Waals surface area (Å²) in [7, 11) is 0. The largest absolute Gasteiger partial charge is 0.487 e. The van der Waals surface area contributed by atoms with Gasteiger partial charge in [0.2, 0.25) is 5.89 Å². The van der Waals surface area contributed by atoms with Crippen LogP contribution in [-0.2, 0) is 6.61 Å². The second-order valence-corrected chi connectivity index (χ2v) is 4.67. The predicted octanol–water partition coefficient (Wildman–Crippen LogP) is 2.69. The first-order valence-electron chi connectivity index (χ1n) is 7.20. The highest BCUT2D eigenvalue weighted by Crippen LogP contribution is 2.27. The Labute approximate surface area is 133 Å². The average Bonchev–Trinajstić information content (AvgIpc) is 3.08. The van der Waals surface area contributed by atoms with E-state index in [-0.39, 0.29) is 19.8 Å². The van der Waals surface area contributed by atoms with Crippen LogP contribution in [0, 0.1) is 0 Å². The summed E-state index contributed by atoms with van der Waals surface area (Å²) in [4.78, 5) is 0. The molecule has 0 spiro atoms. The number of ether oxygens (including phenoxy) is 2. The van der Waals surface area contributed by atoms with Gasteiger partial charge in [0.1, 0.15) is 6.61 Å². The zero-order chi connectivity index (χ0) is 15.9. The average molecular weight is 312 g/mol. The minimum atomic E-state index is -0.0571. The van der Waals surface area contributed by atoms with Gasteiger partial charge in [0.05, 0.1) is 6.61 Å². The maximum Gasteiger partial charge on any atom is 0.254 e. The minimum Gasteiger partial charge on any atom is -0.487 e. The van der Waals surface area contributed by atoms with Crippen LogP contribution >= 0.6 is 0 Å². The molecule has 0 saturated carbocycles. The van der Waals surface area contributed by atoms with Crippen molar-refractivity contribution < 1.29 is 19.0 Å². The molecular formula is C17H16N2O4. The standard InChI is InChI=1S/C17H16N2O4/c20-10-11-21-14-8-4-5-9-15(14)22-12-16-18-19-17(23-16)13-6-2-1-3-7-13/h1-9,20H,10-12H2. The molecule has 0 atom stereocenters. The Morgan fingerprint density at radius 1 is 0.870 bits per heavy atom. The van der Waals surface area contributed by atoms with Crippen molar-refractivity contribution in [2.24, 2.45) is 0 Å². The summed E-state index contributed by atoms with van der Waals surface area (Å²) >= 11 is 0. The Morgan fingerprint density at radius 3 is 2.30 bits per heavy atom. The molecule has 1 aromatic heterocycles. The van der Waals surface area contributed by atoms with Gasteiger partial charge >= 0.3 is 0 Å². The number of benzene rings is 2. The Hall–Kier alpha value is -2.86. The molecule has 0 fully saturated rings. The third-order valence-electron chi connectivity index (χ3n) is 3.04. The van der Waals surface area contributed by atoms with Crippen molar-refractivity contribution in [1.82, 2.24) is 10.2 Å². The topological polar surface area (TPSA) is 77.6 Å². The molecule has 2 aromatic carbocycles. The summed E-state index contributed by atoms with van der Waals surface area (Å²) in [5.74, 6) is 1.94. The molecule has 0 aliphatic carbocycles.